The van der Waals surface area contributed by atoms with Crippen LogP contribution in [0.5, 0.6) is 0 Å². The zero-order valence-corrected chi connectivity index (χ0v) is 37.3. The van der Waals surface area contributed by atoms with Crippen LogP contribution in [-0.2, 0) is 43.2 Å². The number of hydrogen-bond donors (Lipinski definition) is 4. The normalized spacial score (nSPS) is 16.2. The number of ether oxygens (including phenoxy) is 2. The summed E-state index contributed by atoms with van der Waals surface area (Å²) in [6.45, 7) is 11.3. The number of imidazole rings is 2. The quantitative estimate of drug-likeness (QED) is 0.0840. The molecule has 3 aliphatic rings. The molecule has 0 radical (unpaired) electrons. The molecular weight excluding hydrogens is 773 g/mol. The number of methoxy groups -OCH3 is 2. The molecule has 1 saturated carbocycles. The van der Waals surface area contributed by atoms with Crippen molar-refractivity contribution < 1.29 is 28.7 Å². The molecule has 0 spiro atoms. The topological polar surface area (TPSA) is 175 Å². The number of aromatic nitrogens is 4. The van der Waals surface area contributed by atoms with Crippen LogP contribution in [0.2, 0.25) is 0 Å². The van der Waals surface area contributed by atoms with Crippen molar-refractivity contribution in [3.8, 4) is 46.5 Å². The summed E-state index contributed by atoms with van der Waals surface area (Å²) >= 11 is 0. The molecule has 61 heavy (non-hydrogen) atoms. The number of carbonyl (C=O) groups excluding carboxylic acids is 4. The van der Waals surface area contributed by atoms with Crippen molar-refractivity contribution in [3.05, 3.63) is 71.6 Å². The summed E-state index contributed by atoms with van der Waals surface area (Å²) in [6.07, 6.45) is 19.7. The first-order valence-electron chi connectivity index (χ1n) is 21.3. The van der Waals surface area contributed by atoms with Gasteiger partial charge in [-0.1, -0.05) is 71.7 Å². The number of aromatic amines is 2. The molecule has 14 heteroatoms. The summed E-state index contributed by atoms with van der Waals surface area (Å²) in [7, 11) is 4.53. The van der Waals surface area contributed by atoms with Crippen LogP contribution in [0.3, 0.4) is 0 Å². The summed E-state index contributed by atoms with van der Waals surface area (Å²) in [5, 5.41) is 4.98. The van der Waals surface area contributed by atoms with E-state index < -0.39 is 6.09 Å². The fourth-order valence-corrected chi connectivity index (χ4v) is 7.95. The lowest BCUT2D eigenvalue weighted by Crippen LogP contribution is -2.45. The standard InChI is InChI=1S/C37H42N8O5.2C3H8.C2H6O.C2H2/c1-3-12-44(33(47)18-38-21-46)20-32-39-16-30(42-32)24-7-10-28-22(13-24)4-5-23-14-25(8-11-29(23)28)31-17-40-36(43-31)35-26-6-9-27(15-26)45(35)34(48)19-41-37(49)50-2;3*1-3-2;1-2/h7-8,10-11,13-14,16-17,21,26-27,35H,3-6,9,12,15,18-20H2,1-2H3,(H,38,46)(H,39,42)(H,40,43)(H,41,49);2*3H2,1-2H3;1-2H3;1-2H/t26-,27+,35-;;;;/m0..../s1. The zero-order valence-electron chi connectivity index (χ0n) is 37.3. The largest absolute Gasteiger partial charge is 0.453 e. The van der Waals surface area contributed by atoms with Gasteiger partial charge in [0.05, 0.1) is 50.0 Å². The van der Waals surface area contributed by atoms with E-state index in [0.717, 1.165) is 66.9 Å². The molecule has 2 aromatic heterocycles. The zero-order chi connectivity index (χ0) is 44.9. The molecule has 14 nitrogen and oxygen atoms in total. The maximum Gasteiger partial charge on any atom is 0.407 e. The summed E-state index contributed by atoms with van der Waals surface area (Å²) in [4.78, 5) is 67.8. The van der Waals surface area contributed by atoms with Gasteiger partial charge in [0, 0.05) is 26.8 Å². The number of aryl methyl sites for hydroxylation is 2. The van der Waals surface area contributed by atoms with Crippen LogP contribution in [0, 0.1) is 18.8 Å². The van der Waals surface area contributed by atoms with Gasteiger partial charge in [-0.2, -0.15) is 0 Å². The van der Waals surface area contributed by atoms with Crippen LogP contribution in [0.1, 0.15) is 102 Å². The molecule has 3 atom stereocenters. The van der Waals surface area contributed by atoms with Crippen molar-refractivity contribution >= 4 is 24.3 Å². The first-order valence-corrected chi connectivity index (χ1v) is 21.3. The van der Waals surface area contributed by atoms with Crippen LogP contribution >= 0.6 is 0 Å². The van der Waals surface area contributed by atoms with Crippen molar-refractivity contribution in [2.45, 2.75) is 105 Å². The summed E-state index contributed by atoms with van der Waals surface area (Å²) in [5.41, 5.74) is 8.88. The van der Waals surface area contributed by atoms with Gasteiger partial charge in [0.15, 0.2) is 0 Å². The molecule has 4 N–H and O–H groups in total. The summed E-state index contributed by atoms with van der Waals surface area (Å²) in [5.74, 6) is 1.56. The van der Waals surface area contributed by atoms with E-state index in [1.807, 2.05) is 24.2 Å². The minimum absolute atomic E-state index is 0.0328. The highest BCUT2D eigenvalue weighted by Crippen LogP contribution is 2.49. The molecule has 2 fully saturated rings. The number of nitrogens with one attached hydrogen (secondary N) is 4. The Morgan fingerprint density at radius 1 is 0.869 bits per heavy atom. The maximum atomic E-state index is 13.2. The summed E-state index contributed by atoms with van der Waals surface area (Å²) in [6, 6.07) is 13.1. The van der Waals surface area contributed by atoms with Crippen LogP contribution in [-0.4, -0.2) is 101 Å². The van der Waals surface area contributed by atoms with Crippen molar-refractivity contribution in [3.63, 3.8) is 0 Å². The van der Waals surface area contributed by atoms with Gasteiger partial charge < -0.3 is 39.9 Å². The van der Waals surface area contributed by atoms with Gasteiger partial charge in [0.25, 0.3) is 0 Å². The fourth-order valence-electron chi connectivity index (χ4n) is 7.95. The average molecular weight is 839 g/mol. The first kappa shape index (κ1) is 49.4. The van der Waals surface area contributed by atoms with Crippen LogP contribution in [0.15, 0.2) is 48.8 Å². The predicted octanol–water partition coefficient (Wildman–Crippen LogP) is 7.47. The van der Waals surface area contributed by atoms with Crippen LogP contribution in [0.4, 0.5) is 4.79 Å². The minimum Gasteiger partial charge on any atom is -0.453 e. The van der Waals surface area contributed by atoms with E-state index in [1.54, 1.807) is 19.1 Å². The lowest BCUT2D eigenvalue weighted by Gasteiger charge is -2.34. The van der Waals surface area contributed by atoms with E-state index in [1.165, 1.54) is 42.2 Å². The molecule has 0 unspecified atom stereocenters. The van der Waals surface area contributed by atoms with Gasteiger partial charge in [-0.3, -0.25) is 14.4 Å². The molecular formula is C47H66N8O6. The lowest BCUT2D eigenvalue weighted by molar-refractivity contribution is -0.135. The first-order chi connectivity index (χ1) is 29.6. The van der Waals surface area contributed by atoms with E-state index in [4.69, 9.17) is 4.98 Å². The van der Waals surface area contributed by atoms with Crippen molar-refractivity contribution in [1.82, 2.24) is 40.4 Å². The number of amides is 4. The van der Waals surface area contributed by atoms with Gasteiger partial charge in [-0.25, -0.2) is 14.8 Å². The number of alkyl carbamates (subject to hydrolysis) is 1. The lowest BCUT2D eigenvalue weighted by atomic mass is 9.83. The highest BCUT2D eigenvalue weighted by molar-refractivity contribution is 5.83. The molecule has 3 heterocycles. The monoisotopic (exact) mass is 839 g/mol. The third kappa shape index (κ3) is 13.0. The highest BCUT2D eigenvalue weighted by atomic mass is 16.5. The Balaban J connectivity index is 0.000000821. The minimum atomic E-state index is -0.617. The van der Waals surface area contributed by atoms with Gasteiger partial charge in [-0.15, -0.1) is 12.8 Å². The Morgan fingerprint density at radius 3 is 2.00 bits per heavy atom. The van der Waals surface area contributed by atoms with Crippen molar-refractivity contribution in [2.75, 3.05) is 41.0 Å². The van der Waals surface area contributed by atoms with Crippen LogP contribution in [0.25, 0.3) is 33.6 Å². The Labute approximate surface area is 362 Å². The number of fused-ring (bicyclic) bond motifs is 5. The second-order valence-electron chi connectivity index (χ2n) is 15.1. The molecule has 2 bridgehead atoms. The van der Waals surface area contributed by atoms with E-state index in [0.29, 0.717) is 31.2 Å². The number of likely N-dealkylation sites (tertiary alicyclic amines) is 1. The number of nitrogens with zero attached hydrogens (tertiary/aromatic N) is 4. The van der Waals surface area contributed by atoms with E-state index in [2.05, 4.69) is 112 Å². The number of hydrogen-bond acceptors (Lipinski definition) is 8. The van der Waals surface area contributed by atoms with E-state index in [-0.39, 0.29) is 37.0 Å². The van der Waals surface area contributed by atoms with Gasteiger partial charge >= 0.3 is 6.09 Å². The number of piperidine rings is 1. The Bertz CT molecular complexity index is 2020. The molecule has 4 amide bonds. The molecule has 2 aliphatic carbocycles. The third-order valence-electron chi connectivity index (χ3n) is 10.3. The molecule has 1 aliphatic heterocycles. The third-order valence-corrected chi connectivity index (χ3v) is 10.3. The van der Waals surface area contributed by atoms with Gasteiger partial charge in [-0.05, 0) is 90.0 Å². The molecule has 2 aromatic carbocycles. The van der Waals surface area contributed by atoms with E-state index in [9.17, 15) is 19.2 Å². The number of rotatable bonds is 12. The Kier molecular flexibility index (Phi) is 20.8. The molecule has 7 rings (SSSR count). The smallest absolute Gasteiger partial charge is 0.407 e. The molecule has 330 valence electrons. The van der Waals surface area contributed by atoms with Gasteiger partial charge in [0.1, 0.15) is 18.2 Å². The second kappa shape index (κ2) is 25.6. The predicted molar refractivity (Wildman–Crippen MR) is 240 cm³/mol. The number of terminal acetylenes is 1. The maximum absolute atomic E-state index is 13.2. The van der Waals surface area contributed by atoms with Crippen molar-refractivity contribution in [2.24, 2.45) is 5.92 Å². The van der Waals surface area contributed by atoms with E-state index >= 15 is 0 Å². The average Bonchev–Trinajstić information content (AvgIpc) is 4.11. The number of benzene rings is 2. The Hall–Kier alpha value is -5.94. The van der Waals surface area contributed by atoms with Gasteiger partial charge in [0.2, 0.25) is 18.2 Å². The van der Waals surface area contributed by atoms with Crippen molar-refractivity contribution in [1.29, 1.82) is 0 Å². The molecule has 1 saturated heterocycles. The second-order valence-corrected chi connectivity index (χ2v) is 15.1. The highest BCUT2D eigenvalue weighted by Gasteiger charge is 2.49. The number of H-pyrrole nitrogens is 2. The molecule has 4 aromatic rings. The SMILES string of the molecule is C#C.CCC.CCC.CCCN(Cc1ncc(-c2ccc3c(c2)CCc2cc(-c4cnc([C@@H]5[C@H]6CC[C@H](C6)N5C(=O)CNC(=O)OC)[nH]4)ccc2-3)[nH]1)C(=O)CNC=O.COC. The fraction of sp³-hybridized carbons (Fsp3) is 0.489. The Morgan fingerprint density at radius 2 is 1.44 bits per heavy atom. The number of carbonyl (C=O) groups is 4. The van der Waals surface area contributed by atoms with Crippen LogP contribution < -0.4 is 10.6 Å². The summed E-state index contributed by atoms with van der Waals surface area (Å²) < 4.78 is 8.89.